The van der Waals surface area contributed by atoms with Crippen LogP contribution in [0.4, 0.5) is 0 Å². The highest BCUT2D eigenvalue weighted by Gasteiger charge is 2.37. The van der Waals surface area contributed by atoms with Crippen molar-refractivity contribution in [3.63, 3.8) is 0 Å². The monoisotopic (exact) mass is 313 g/mol. The minimum absolute atomic E-state index is 0.0606. The van der Waals surface area contributed by atoms with Crippen molar-refractivity contribution in [1.82, 2.24) is 10.6 Å². The molecule has 0 atom stereocenters. The third-order valence-electron chi connectivity index (χ3n) is 4.48. The Hall–Kier alpha value is -2.15. The molecule has 2 rings (SSSR count). The maximum absolute atomic E-state index is 5.60. The summed E-state index contributed by atoms with van der Waals surface area (Å²) in [4.78, 5) is 4.80. The van der Waals surface area contributed by atoms with Crippen LogP contribution in [0.1, 0.15) is 38.2 Å². The average Bonchev–Trinajstić information content (AvgIpc) is 3.07. The molecule has 1 aliphatic carbocycles. The van der Waals surface area contributed by atoms with Crippen LogP contribution < -0.4 is 15.4 Å². The Morgan fingerprint density at radius 2 is 2.04 bits per heavy atom. The van der Waals surface area contributed by atoms with Gasteiger partial charge in [-0.3, -0.25) is 4.99 Å². The number of para-hydroxylation sites is 1. The Bertz CT molecular complexity index is 568. The van der Waals surface area contributed by atoms with Crippen LogP contribution in [0.3, 0.4) is 0 Å². The summed E-state index contributed by atoms with van der Waals surface area (Å²) in [6.45, 7) is 4.09. The van der Waals surface area contributed by atoms with Crippen molar-refractivity contribution in [2.75, 3.05) is 26.7 Å². The highest BCUT2D eigenvalue weighted by molar-refractivity contribution is 5.80. The van der Waals surface area contributed by atoms with Crippen molar-refractivity contribution in [3.05, 3.63) is 29.8 Å². The SMILES string of the molecule is C#CCNC(=NCC1(c2ccccc2OC)CCCC1)NCC. The summed E-state index contributed by atoms with van der Waals surface area (Å²) in [5.41, 5.74) is 1.34. The third kappa shape index (κ3) is 4.19. The molecule has 0 radical (unpaired) electrons. The smallest absolute Gasteiger partial charge is 0.192 e. The maximum atomic E-state index is 5.60. The van der Waals surface area contributed by atoms with E-state index in [1.165, 1.54) is 18.4 Å². The summed E-state index contributed by atoms with van der Waals surface area (Å²) in [6, 6.07) is 8.33. The van der Waals surface area contributed by atoms with Gasteiger partial charge in [-0.2, -0.15) is 0 Å². The second kappa shape index (κ2) is 8.47. The molecule has 23 heavy (non-hydrogen) atoms. The fourth-order valence-corrected chi connectivity index (χ4v) is 3.35. The van der Waals surface area contributed by atoms with Crippen molar-refractivity contribution in [3.8, 4) is 18.1 Å². The van der Waals surface area contributed by atoms with Crippen LogP contribution in [0.15, 0.2) is 29.3 Å². The predicted molar refractivity (Wildman–Crippen MR) is 96.0 cm³/mol. The van der Waals surface area contributed by atoms with Gasteiger partial charge >= 0.3 is 0 Å². The molecular weight excluding hydrogens is 286 g/mol. The molecule has 0 aliphatic heterocycles. The first kappa shape index (κ1) is 17.2. The first-order valence-electron chi connectivity index (χ1n) is 8.35. The number of benzene rings is 1. The number of methoxy groups -OCH3 is 1. The van der Waals surface area contributed by atoms with Crippen LogP contribution in [-0.4, -0.2) is 32.7 Å². The number of terminal acetylenes is 1. The lowest BCUT2D eigenvalue weighted by Crippen LogP contribution is -2.39. The van der Waals surface area contributed by atoms with Crippen LogP contribution in [0.2, 0.25) is 0 Å². The van der Waals surface area contributed by atoms with Gasteiger partial charge in [0, 0.05) is 17.5 Å². The third-order valence-corrected chi connectivity index (χ3v) is 4.48. The van der Waals surface area contributed by atoms with Gasteiger partial charge in [-0.1, -0.05) is 37.0 Å². The van der Waals surface area contributed by atoms with Gasteiger partial charge in [0.25, 0.3) is 0 Å². The van der Waals surface area contributed by atoms with Crippen molar-refractivity contribution in [1.29, 1.82) is 0 Å². The fraction of sp³-hybridized carbons (Fsp3) is 0.526. The second-order valence-electron chi connectivity index (χ2n) is 5.94. The van der Waals surface area contributed by atoms with Crippen LogP contribution in [0.25, 0.3) is 0 Å². The highest BCUT2D eigenvalue weighted by Crippen LogP contribution is 2.44. The lowest BCUT2D eigenvalue weighted by Gasteiger charge is -2.29. The Labute approximate surface area is 139 Å². The Morgan fingerprint density at radius 3 is 2.70 bits per heavy atom. The molecule has 2 N–H and O–H groups in total. The normalized spacial score (nSPS) is 16.7. The summed E-state index contributed by atoms with van der Waals surface area (Å²) in [5, 5.41) is 6.41. The summed E-state index contributed by atoms with van der Waals surface area (Å²) >= 11 is 0. The maximum Gasteiger partial charge on any atom is 0.192 e. The first-order chi connectivity index (χ1) is 11.3. The van der Waals surface area contributed by atoms with E-state index < -0.39 is 0 Å². The molecular formula is C19H27N3O. The van der Waals surface area contributed by atoms with E-state index in [1.807, 2.05) is 12.1 Å². The molecule has 0 saturated heterocycles. The molecule has 0 unspecified atom stereocenters. The minimum atomic E-state index is 0.0606. The number of hydrogen-bond donors (Lipinski definition) is 2. The molecule has 1 aromatic rings. The second-order valence-corrected chi connectivity index (χ2v) is 5.94. The zero-order valence-corrected chi connectivity index (χ0v) is 14.2. The van der Waals surface area contributed by atoms with E-state index in [1.54, 1.807) is 7.11 Å². The average molecular weight is 313 g/mol. The van der Waals surface area contributed by atoms with Gasteiger partial charge in [-0.15, -0.1) is 6.42 Å². The Morgan fingerprint density at radius 1 is 1.30 bits per heavy atom. The molecule has 0 bridgehead atoms. The van der Waals surface area contributed by atoms with Gasteiger partial charge in [0.1, 0.15) is 5.75 Å². The topological polar surface area (TPSA) is 45.7 Å². The number of aliphatic imine (C=N–C) groups is 1. The molecule has 1 aromatic carbocycles. The number of nitrogens with one attached hydrogen (secondary N) is 2. The molecule has 124 valence electrons. The number of nitrogens with zero attached hydrogens (tertiary/aromatic N) is 1. The van der Waals surface area contributed by atoms with Crippen molar-refractivity contribution < 1.29 is 4.74 Å². The standard InChI is InChI=1S/C19H27N3O/c1-4-14-21-18(20-5-2)22-15-19(12-8-9-13-19)16-10-6-7-11-17(16)23-3/h1,6-7,10-11H,5,8-9,12-15H2,2-3H3,(H2,20,21,22). The quantitative estimate of drug-likeness (QED) is 0.482. The Balaban J connectivity index is 2.25. The molecule has 1 saturated carbocycles. The molecule has 0 spiro atoms. The van der Waals surface area contributed by atoms with Crippen LogP contribution in [0.5, 0.6) is 5.75 Å². The van der Waals surface area contributed by atoms with Crippen molar-refractivity contribution >= 4 is 5.96 Å². The molecule has 4 heteroatoms. The number of guanidine groups is 1. The van der Waals surface area contributed by atoms with Gasteiger partial charge in [0.15, 0.2) is 5.96 Å². The summed E-state index contributed by atoms with van der Waals surface area (Å²) in [6.07, 6.45) is 10.1. The van der Waals surface area contributed by atoms with Crippen LogP contribution in [0, 0.1) is 12.3 Å². The van der Waals surface area contributed by atoms with Gasteiger partial charge in [0.2, 0.25) is 0 Å². The Kier molecular flexibility index (Phi) is 6.34. The van der Waals surface area contributed by atoms with Gasteiger partial charge in [-0.05, 0) is 25.8 Å². The van der Waals surface area contributed by atoms with E-state index in [9.17, 15) is 0 Å². The molecule has 0 amide bonds. The van der Waals surface area contributed by atoms with Gasteiger partial charge in [0.05, 0.1) is 20.2 Å². The summed E-state index contributed by atoms with van der Waals surface area (Å²) in [5.74, 6) is 4.34. The summed E-state index contributed by atoms with van der Waals surface area (Å²) in [7, 11) is 1.74. The lowest BCUT2D eigenvalue weighted by molar-refractivity contribution is 0.378. The summed E-state index contributed by atoms with van der Waals surface area (Å²) < 4.78 is 5.60. The fourth-order valence-electron chi connectivity index (χ4n) is 3.35. The van der Waals surface area contributed by atoms with E-state index in [2.05, 4.69) is 35.6 Å². The first-order valence-corrected chi connectivity index (χ1v) is 8.35. The molecule has 0 heterocycles. The van der Waals surface area contributed by atoms with E-state index in [0.717, 1.165) is 37.6 Å². The molecule has 0 aromatic heterocycles. The van der Waals surface area contributed by atoms with Crippen molar-refractivity contribution in [2.24, 2.45) is 4.99 Å². The van der Waals surface area contributed by atoms with Crippen LogP contribution >= 0.6 is 0 Å². The molecule has 1 aliphatic rings. The minimum Gasteiger partial charge on any atom is -0.496 e. The zero-order chi connectivity index (χ0) is 16.5. The zero-order valence-electron chi connectivity index (χ0n) is 14.2. The van der Waals surface area contributed by atoms with Gasteiger partial charge < -0.3 is 15.4 Å². The molecule has 1 fully saturated rings. The number of hydrogen-bond acceptors (Lipinski definition) is 2. The molecule has 4 nitrogen and oxygen atoms in total. The van der Waals surface area contributed by atoms with Crippen molar-refractivity contribution in [2.45, 2.75) is 38.0 Å². The van der Waals surface area contributed by atoms with E-state index in [4.69, 9.17) is 16.2 Å². The number of rotatable bonds is 6. The largest absolute Gasteiger partial charge is 0.496 e. The lowest BCUT2D eigenvalue weighted by atomic mass is 9.78. The van der Waals surface area contributed by atoms with Gasteiger partial charge in [-0.25, -0.2) is 0 Å². The number of ether oxygens (including phenoxy) is 1. The van der Waals surface area contributed by atoms with E-state index in [-0.39, 0.29) is 5.41 Å². The van der Waals surface area contributed by atoms with E-state index in [0.29, 0.717) is 6.54 Å². The predicted octanol–water partition coefficient (Wildman–Crippen LogP) is 2.70. The highest BCUT2D eigenvalue weighted by atomic mass is 16.5. The van der Waals surface area contributed by atoms with Crippen LogP contribution in [-0.2, 0) is 5.41 Å². The van der Waals surface area contributed by atoms with E-state index >= 15 is 0 Å².